The number of aryl methyl sites for hydroxylation is 1. The van der Waals surface area contributed by atoms with Crippen molar-refractivity contribution in [1.82, 2.24) is 15.2 Å². The monoisotopic (exact) mass is 361 g/mol. The summed E-state index contributed by atoms with van der Waals surface area (Å²) in [7, 11) is 0. The number of rotatable bonds is 4. The Balaban J connectivity index is 1.72. The number of fused-ring (bicyclic) bond motifs is 1. The summed E-state index contributed by atoms with van der Waals surface area (Å²) in [6.45, 7) is 6.68. The number of hydrogen-bond acceptors (Lipinski definition) is 4. The molecule has 0 radical (unpaired) electrons. The summed E-state index contributed by atoms with van der Waals surface area (Å²) in [5.74, 6) is 0. The maximum Gasteiger partial charge on any atom is 0.407 e. The second kappa shape index (κ2) is 8.02. The molecule has 0 spiro atoms. The average molecular weight is 362 g/mol. The number of ether oxygens (including phenoxy) is 1. The fraction of sp³-hybridized carbons (Fsp3) is 0.474. The summed E-state index contributed by atoms with van der Waals surface area (Å²) in [6, 6.07) is 8.17. The van der Waals surface area contributed by atoms with E-state index in [1.165, 1.54) is 0 Å². The van der Waals surface area contributed by atoms with Crippen molar-refractivity contribution in [1.29, 1.82) is 0 Å². The zero-order valence-corrected chi connectivity index (χ0v) is 15.5. The van der Waals surface area contributed by atoms with Gasteiger partial charge < -0.3 is 10.1 Å². The van der Waals surface area contributed by atoms with Crippen LogP contribution in [-0.4, -0.2) is 41.7 Å². The Morgan fingerprint density at radius 3 is 3.04 bits per heavy atom. The van der Waals surface area contributed by atoms with Crippen LogP contribution in [-0.2, 0) is 11.3 Å². The molecule has 1 aliphatic rings. The number of hydrogen-bond donors (Lipinski definition) is 1. The first-order chi connectivity index (χ1) is 12.1. The SMILES string of the molecule is CCOC(=O)N[C@@H]1CCCN(Cc2nc3ccccc3c(C)c2Cl)C1. The molecule has 0 aliphatic carbocycles. The van der Waals surface area contributed by atoms with Crippen LogP contribution in [0.1, 0.15) is 31.0 Å². The molecule has 1 aliphatic heterocycles. The average Bonchev–Trinajstić information content (AvgIpc) is 2.60. The summed E-state index contributed by atoms with van der Waals surface area (Å²) in [5.41, 5.74) is 2.94. The lowest BCUT2D eigenvalue weighted by atomic mass is 10.0. The van der Waals surface area contributed by atoms with Crippen molar-refractivity contribution in [2.24, 2.45) is 0 Å². The van der Waals surface area contributed by atoms with Gasteiger partial charge in [0.1, 0.15) is 0 Å². The van der Waals surface area contributed by atoms with E-state index in [9.17, 15) is 4.79 Å². The fourth-order valence-electron chi connectivity index (χ4n) is 3.39. The fourth-order valence-corrected chi connectivity index (χ4v) is 3.59. The minimum absolute atomic E-state index is 0.105. The first kappa shape index (κ1) is 18.0. The lowest BCUT2D eigenvalue weighted by Crippen LogP contribution is -2.47. The van der Waals surface area contributed by atoms with Crippen LogP contribution in [0.2, 0.25) is 5.02 Å². The van der Waals surface area contributed by atoms with Gasteiger partial charge in [-0.25, -0.2) is 9.78 Å². The smallest absolute Gasteiger partial charge is 0.407 e. The van der Waals surface area contributed by atoms with Crippen LogP contribution in [0.15, 0.2) is 24.3 Å². The highest BCUT2D eigenvalue weighted by Crippen LogP contribution is 2.28. The third-order valence-electron chi connectivity index (χ3n) is 4.62. The van der Waals surface area contributed by atoms with Gasteiger partial charge in [-0.1, -0.05) is 29.8 Å². The number of nitrogens with one attached hydrogen (secondary N) is 1. The number of piperidine rings is 1. The molecule has 1 aromatic carbocycles. The van der Waals surface area contributed by atoms with Gasteiger partial charge in [0.05, 0.1) is 22.8 Å². The first-order valence-electron chi connectivity index (χ1n) is 8.77. The quantitative estimate of drug-likeness (QED) is 0.897. The summed E-state index contributed by atoms with van der Waals surface area (Å²) in [6.07, 6.45) is 1.65. The Hall–Kier alpha value is -1.85. The number of amides is 1. The lowest BCUT2D eigenvalue weighted by molar-refractivity contribution is 0.132. The molecule has 0 bridgehead atoms. The molecule has 5 nitrogen and oxygen atoms in total. The Morgan fingerprint density at radius 1 is 1.44 bits per heavy atom. The predicted molar refractivity (Wildman–Crippen MR) is 99.9 cm³/mol. The van der Waals surface area contributed by atoms with Gasteiger partial charge in [0.25, 0.3) is 0 Å². The number of alkyl carbamates (subject to hydrolysis) is 1. The molecular formula is C19H24ClN3O2. The molecule has 1 N–H and O–H groups in total. The predicted octanol–water partition coefficient (Wildman–Crippen LogP) is 3.91. The van der Waals surface area contributed by atoms with Gasteiger partial charge in [0, 0.05) is 24.5 Å². The van der Waals surface area contributed by atoms with E-state index in [0.29, 0.717) is 13.2 Å². The van der Waals surface area contributed by atoms with Gasteiger partial charge in [-0.15, -0.1) is 0 Å². The zero-order chi connectivity index (χ0) is 17.8. The van der Waals surface area contributed by atoms with Gasteiger partial charge in [-0.3, -0.25) is 4.90 Å². The van der Waals surface area contributed by atoms with Crippen molar-refractivity contribution in [2.45, 2.75) is 39.3 Å². The Morgan fingerprint density at radius 2 is 2.24 bits per heavy atom. The van der Waals surface area contributed by atoms with E-state index >= 15 is 0 Å². The Bertz CT molecular complexity index is 766. The van der Waals surface area contributed by atoms with Crippen molar-refractivity contribution in [3.8, 4) is 0 Å². The van der Waals surface area contributed by atoms with Gasteiger partial charge in [-0.2, -0.15) is 0 Å². The zero-order valence-electron chi connectivity index (χ0n) is 14.7. The number of pyridine rings is 1. The van der Waals surface area contributed by atoms with Crippen LogP contribution in [0.25, 0.3) is 10.9 Å². The minimum Gasteiger partial charge on any atom is -0.450 e. The van der Waals surface area contributed by atoms with Crippen molar-refractivity contribution < 1.29 is 9.53 Å². The second-order valence-corrected chi connectivity index (χ2v) is 6.83. The number of halogens is 1. The number of likely N-dealkylation sites (tertiary alicyclic amines) is 1. The van der Waals surface area contributed by atoms with Gasteiger partial charge in [0.2, 0.25) is 0 Å². The maximum absolute atomic E-state index is 11.6. The van der Waals surface area contributed by atoms with E-state index in [0.717, 1.165) is 53.1 Å². The molecule has 0 saturated carbocycles. The Labute approximate surface area is 153 Å². The number of benzene rings is 1. The molecule has 25 heavy (non-hydrogen) atoms. The minimum atomic E-state index is -0.341. The highest BCUT2D eigenvalue weighted by Gasteiger charge is 2.23. The van der Waals surface area contributed by atoms with Crippen LogP contribution in [0.4, 0.5) is 4.79 Å². The third kappa shape index (κ3) is 4.22. The van der Waals surface area contributed by atoms with Crippen molar-refractivity contribution in [3.05, 3.63) is 40.5 Å². The number of para-hydroxylation sites is 1. The van der Waals surface area contributed by atoms with E-state index in [1.807, 2.05) is 38.1 Å². The number of nitrogens with zero attached hydrogens (tertiary/aromatic N) is 2. The third-order valence-corrected chi connectivity index (χ3v) is 5.12. The van der Waals surface area contributed by atoms with Gasteiger partial charge >= 0.3 is 6.09 Å². The molecule has 1 aromatic heterocycles. The highest BCUT2D eigenvalue weighted by molar-refractivity contribution is 6.32. The van der Waals surface area contributed by atoms with E-state index in [2.05, 4.69) is 10.2 Å². The summed E-state index contributed by atoms with van der Waals surface area (Å²) < 4.78 is 4.98. The summed E-state index contributed by atoms with van der Waals surface area (Å²) in [5, 5.41) is 4.76. The standard InChI is InChI=1S/C19H24ClN3O2/c1-3-25-19(24)21-14-7-6-10-23(11-14)12-17-18(20)13(2)15-8-4-5-9-16(15)22-17/h4-5,8-9,14H,3,6-7,10-12H2,1-2H3,(H,21,24)/t14-/m1/s1. The van der Waals surface area contributed by atoms with Crippen LogP contribution >= 0.6 is 11.6 Å². The Kier molecular flexibility index (Phi) is 5.76. The van der Waals surface area contributed by atoms with E-state index < -0.39 is 0 Å². The molecule has 1 atom stereocenters. The van der Waals surface area contributed by atoms with E-state index in [4.69, 9.17) is 21.3 Å². The highest BCUT2D eigenvalue weighted by atomic mass is 35.5. The molecule has 134 valence electrons. The lowest BCUT2D eigenvalue weighted by Gasteiger charge is -2.32. The van der Waals surface area contributed by atoms with Crippen molar-refractivity contribution >= 4 is 28.6 Å². The molecule has 1 saturated heterocycles. The van der Waals surface area contributed by atoms with Crippen LogP contribution in [0.5, 0.6) is 0 Å². The van der Waals surface area contributed by atoms with E-state index in [-0.39, 0.29) is 12.1 Å². The van der Waals surface area contributed by atoms with Crippen LogP contribution in [0.3, 0.4) is 0 Å². The topological polar surface area (TPSA) is 54.5 Å². The van der Waals surface area contributed by atoms with Gasteiger partial charge in [-0.05, 0) is 44.9 Å². The molecule has 0 unspecified atom stereocenters. The number of carbonyl (C=O) groups excluding carboxylic acids is 1. The largest absolute Gasteiger partial charge is 0.450 e. The first-order valence-corrected chi connectivity index (χ1v) is 9.15. The molecule has 6 heteroatoms. The van der Waals surface area contributed by atoms with Crippen molar-refractivity contribution in [2.75, 3.05) is 19.7 Å². The normalized spacial score (nSPS) is 18.3. The molecular weight excluding hydrogens is 338 g/mol. The van der Waals surface area contributed by atoms with E-state index in [1.54, 1.807) is 0 Å². The van der Waals surface area contributed by atoms with Crippen LogP contribution < -0.4 is 5.32 Å². The van der Waals surface area contributed by atoms with Crippen molar-refractivity contribution in [3.63, 3.8) is 0 Å². The molecule has 2 heterocycles. The molecule has 1 amide bonds. The number of carbonyl (C=O) groups is 1. The summed E-state index contributed by atoms with van der Waals surface area (Å²) in [4.78, 5) is 18.7. The molecule has 2 aromatic rings. The second-order valence-electron chi connectivity index (χ2n) is 6.45. The van der Waals surface area contributed by atoms with Gasteiger partial charge in [0.15, 0.2) is 0 Å². The molecule has 1 fully saturated rings. The van der Waals surface area contributed by atoms with Crippen LogP contribution in [0, 0.1) is 6.92 Å². The number of aromatic nitrogens is 1. The molecule has 3 rings (SSSR count). The maximum atomic E-state index is 11.6. The summed E-state index contributed by atoms with van der Waals surface area (Å²) >= 11 is 6.57.